The van der Waals surface area contributed by atoms with E-state index >= 15 is 0 Å². The number of carbonyl (C=O) groups excluding carboxylic acids is 1. The van der Waals surface area contributed by atoms with E-state index in [2.05, 4.69) is 32.9 Å². The molecule has 30 heavy (non-hydrogen) atoms. The first-order chi connectivity index (χ1) is 14.5. The molecule has 0 spiro atoms. The highest BCUT2D eigenvalue weighted by atomic mass is 127. The summed E-state index contributed by atoms with van der Waals surface area (Å²) in [6, 6.07) is 21.9. The van der Waals surface area contributed by atoms with E-state index in [9.17, 15) is 14.7 Å². The molecule has 0 saturated heterocycles. The number of halogens is 1. The van der Waals surface area contributed by atoms with Crippen LogP contribution in [0, 0.1) is 3.57 Å². The predicted octanol–water partition coefficient (Wildman–Crippen LogP) is 4.96. The Morgan fingerprint density at radius 3 is 2.57 bits per heavy atom. The molecule has 0 fully saturated rings. The molecule has 0 bridgehead atoms. The average molecular weight is 511 g/mol. The van der Waals surface area contributed by atoms with Crippen molar-refractivity contribution in [2.75, 3.05) is 5.32 Å². The number of hydrogen-bond acceptors (Lipinski definition) is 3. The molecule has 0 aliphatic rings. The van der Waals surface area contributed by atoms with E-state index in [0.29, 0.717) is 16.8 Å². The number of aromatic nitrogens is 2. The Hall–Kier alpha value is -3.20. The summed E-state index contributed by atoms with van der Waals surface area (Å²) in [7, 11) is 0. The lowest BCUT2D eigenvalue weighted by Gasteiger charge is -2.18. The van der Waals surface area contributed by atoms with Crippen molar-refractivity contribution in [3.63, 3.8) is 0 Å². The summed E-state index contributed by atoms with van der Waals surface area (Å²) < 4.78 is 2.85. The Morgan fingerprint density at radius 1 is 1.03 bits per heavy atom. The number of carboxylic acids is 1. The Morgan fingerprint density at radius 2 is 1.83 bits per heavy atom. The minimum atomic E-state index is -0.882. The summed E-state index contributed by atoms with van der Waals surface area (Å²) >= 11 is 2.17. The molecule has 4 aromatic rings. The monoisotopic (exact) mass is 511 g/mol. The summed E-state index contributed by atoms with van der Waals surface area (Å²) in [5.74, 6) is -1.08. The van der Waals surface area contributed by atoms with Gasteiger partial charge in [0.15, 0.2) is 0 Å². The van der Waals surface area contributed by atoms with E-state index in [0.717, 1.165) is 14.7 Å². The number of carbonyl (C=O) groups is 2. The van der Waals surface area contributed by atoms with Crippen LogP contribution >= 0.6 is 22.6 Å². The number of benzene rings is 3. The van der Waals surface area contributed by atoms with Gasteiger partial charge in [-0.15, -0.1) is 0 Å². The normalized spacial score (nSPS) is 11.9. The largest absolute Gasteiger partial charge is 0.481 e. The van der Waals surface area contributed by atoms with Gasteiger partial charge in [0, 0.05) is 14.8 Å². The number of imidazole rings is 1. The zero-order chi connectivity index (χ0) is 21.1. The Labute approximate surface area is 186 Å². The minimum absolute atomic E-state index is 0.0550. The molecular formula is C23H18IN3O3. The molecule has 1 aromatic heterocycles. The third-order valence-corrected chi connectivity index (χ3v) is 5.48. The van der Waals surface area contributed by atoms with Gasteiger partial charge in [0.2, 0.25) is 0 Å². The van der Waals surface area contributed by atoms with Gasteiger partial charge in [0.1, 0.15) is 0 Å². The van der Waals surface area contributed by atoms with Crippen molar-refractivity contribution < 1.29 is 14.7 Å². The lowest BCUT2D eigenvalue weighted by molar-refractivity contribution is -0.137. The molecule has 150 valence electrons. The molecule has 1 unspecified atom stereocenters. The number of fused-ring (bicyclic) bond motifs is 1. The van der Waals surface area contributed by atoms with E-state index in [1.54, 1.807) is 24.5 Å². The van der Waals surface area contributed by atoms with Crippen molar-refractivity contribution in [3.8, 4) is 0 Å². The van der Waals surface area contributed by atoms with Gasteiger partial charge in [-0.25, -0.2) is 4.98 Å². The summed E-state index contributed by atoms with van der Waals surface area (Å²) in [6.45, 7) is 0. The molecular weight excluding hydrogens is 493 g/mol. The Kier molecular flexibility index (Phi) is 5.80. The molecule has 4 rings (SSSR count). The highest BCUT2D eigenvalue weighted by molar-refractivity contribution is 14.1. The molecule has 0 aliphatic carbocycles. The smallest absolute Gasteiger partial charge is 0.305 e. The second-order valence-electron chi connectivity index (χ2n) is 6.84. The molecule has 1 atom stereocenters. The first-order valence-corrected chi connectivity index (χ1v) is 10.4. The number of carboxylic acid groups (broad SMARTS) is 1. The van der Waals surface area contributed by atoms with Crippen molar-refractivity contribution in [3.05, 3.63) is 93.8 Å². The molecule has 3 aromatic carbocycles. The van der Waals surface area contributed by atoms with Crippen LogP contribution in [0.2, 0.25) is 0 Å². The SMILES string of the molecule is O=C(O)CC(c1ccccc1)n1cnc2cc(NC(=O)c3cccc(I)c3)ccc21. The molecule has 6 nitrogen and oxygen atoms in total. The zero-order valence-corrected chi connectivity index (χ0v) is 18.0. The van der Waals surface area contributed by atoms with Crippen molar-refractivity contribution in [1.82, 2.24) is 9.55 Å². The van der Waals surface area contributed by atoms with Gasteiger partial charge in [0.05, 0.1) is 29.8 Å². The standard InChI is InChI=1S/C23H18IN3O3/c24-17-8-4-7-16(11-17)23(30)26-18-9-10-20-19(12-18)25-14-27(20)21(13-22(28)29)15-5-2-1-3-6-15/h1-12,14,21H,13H2,(H,26,30)(H,28,29). The van der Waals surface area contributed by atoms with Crippen LogP contribution in [-0.4, -0.2) is 26.5 Å². The maximum Gasteiger partial charge on any atom is 0.305 e. The van der Waals surface area contributed by atoms with Crippen LogP contribution in [0.25, 0.3) is 11.0 Å². The number of nitrogens with zero attached hydrogens (tertiary/aromatic N) is 2. The van der Waals surface area contributed by atoms with E-state index in [4.69, 9.17) is 0 Å². The summed E-state index contributed by atoms with van der Waals surface area (Å²) in [5.41, 5.74) is 3.60. The molecule has 2 N–H and O–H groups in total. The number of amides is 1. The predicted molar refractivity (Wildman–Crippen MR) is 124 cm³/mol. The van der Waals surface area contributed by atoms with Crippen molar-refractivity contribution >= 4 is 51.2 Å². The quantitative estimate of drug-likeness (QED) is 0.359. The van der Waals surface area contributed by atoms with Gasteiger partial charge >= 0.3 is 5.97 Å². The first-order valence-electron chi connectivity index (χ1n) is 9.31. The van der Waals surface area contributed by atoms with Crippen LogP contribution in [0.15, 0.2) is 79.1 Å². The second kappa shape index (κ2) is 8.66. The minimum Gasteiger partial charge on any atom is -0.481 e. The lowest BCUT2D eigenvalue weighted by Crippen LogP contribution is -2.14. The Bertz CT molecular complexity index is 1220. The van der Waals surface area contributed by atoms with Gasteiger partial charge in [-0.2, -0.15) is 0 Å². The highest BCUT2D eigenvalue weighted by Crippen LogP contribution is 2.28. The van der Waals surface area contributed by atoms with Crippen molar-refractivity contribution in [2.45, 2.75) is 12.5 Å². The molecule has 0 radical (unpaired) electrons. The molecule has 7 heteroatoms. The van der Waals surface area contributed by atoms with Crippen LogP contribution in [-0.2, 0) is 4.79 Å². The first kappa shape index (κ1) is 20.1. The number of hydrogen-bond donors (Lipinski definition) is 2. The van der Waals surface area contributed by atoms with E-state index in [1.165, 1.54) is 0 Å². The van der Waals surface area contributed by atoms with Gasteiger partial charge in [-0.1, -0.05) is 36.4 Å². The summed E-state index contributed by atoms with van der Waals surface area (Å²) in [4.78, 5) is 28.4. The highest BCUT2D eigenvalue weighted by Gasteiger charge is 2.20. The molecule has 1 heterocycles. The fourth-order valence-electron chi connectivity index (χ4n) is 3.41. The molecule has 0 aliphatic heterocycles. The lowest BCUT2D eigenvalue weighted by atomic mass is 10.0. The number of nitrogens with one attached hydrogen (secondary N) is 1. The topological polar surface area (TPSA) is 84.2 Å². The number of anilines is 1. The third-order valence-electron chi connectivity index (χ3n) is 4.81. The second-order valence-corrected chi connectivity index (χ2v) is 8.09. The van der Waals surface area contributed by atoms with Crippen molar-refractivity contribution in [1.29, 1.82) is 0 Å². The van der Waals surface area contributed by atoms with E-state index < -0.39 is 5.97 Å². The number of rotatable bonds is 6. The number of aliphatic carboxylic acids is 1. The van der Waals surface area contributed by atoms with Crippen LogP contribution in [0.1, 0.15) is 28.4 Å². The van der Waals surface area contributed by atoms with E-state index in [-0.39, 0.29) is 18.4 Å². The third kappa shape index (κ3) is 4.35. The van der Waals surface area contributed by atoms with Gasteiger partial charge in [0.25, 0.3) is 5.91 Å². The fraction of sp³-hybridized carbons (Fsp3) is 0.0870. The zero-order valence-electron chi connectivity index (χ0n) is 15.8. The van der Waals surface area contributed by atoms with Gasteiger partial charge < -0.3 is 15.0 Å². The maximum atomic E-state index is 12.5. The van der Waals surface area contributed by atoms with Crippen LogP contribution in [0.3, 0.4) is 0 Å². The van der Waals surface area contributed by atoms with Crippen LogP contribution in [0.5, 0.6) is 0 Å². The van der Waals surface area contributed by atoms with Gasteiger partial charge in [-0.05, 0) is 64.6 Å². The average Bonchev–Trinajstić information content (AvgIpc) is 3.15. The Balaban J connectivity index is 1.64. The summed E-state index contributed by atoms with van der Waals surface area (Å²) in [5, 5.41) is 12.3. The van der Waals surface area contributed by atoms with Gasteiger partial charge in [-0.3, -0.25) is 9.59 Å². The van der Waals surface area contributed by atoms with Crippen LogP contribution in [0.4, 0.5) is 5.69 Å². The van der Waals surface area contributed by atoms with Crippen LogP contribution < -0.4 is 5.32 Å². The summed E-state index contributed by atoms with van der Waals surface area (Å²) in [6.07, 6.45) is 1.59. The maximum absolute atomic E-state index is 12.5. The van der Waals surface area contributed by atoms with E-state index in [1.807, 2.05) is 59.2 Å². The molecule has 1 amide bonds. The van der Waals surface area contributed by atoms with Crippen molar-refractivity contribution in [2.24, 2.45) is 0 Å². The molecule has 0 saturated carbocycles. The fourth-order valence-corrected chi connectivity index (χ4v) is 3.95.